The highest BCUT2D eigenvalue weighted by molar-refractivity contribution is 5.16. The molecule has 0 spiro atoms. The van der Waals surface area contributed by atoms with Crippen LogP contribution in [0.15, 0.2) is 24.3 Å². The van der Waals surface area contributed by atoms with Gasteiger partial charge in [0.15, 0.2) is 0 Å². The molecular formula is C14H19FN2. The van der Waals surface area contributed by atoms with Crippen molar-refractivity contribution in [2.45, 2.75) is 25.4 Å². The molecule has 0 amide bonds. The maximum atomic E-state index is 13.0. The molecule has 2 saturated heterocycles. The number of hydrogen-bond donors (Lipinski definition) is 1. The van der Waals surface area contributed by atoms with Gasteiger partial charge in [0.2, 0.25) is 0 Å². The van der Waals surface area contributed by atoms with Gasteiger partial charge in [0.05, 0.1) is 0 Å². The van der Waals surface area contributed by atoms with Crippen LogP contribution in [0, 0.1) is 11.7 Å². The quantitative estimate of drug-likeness (QED) is 0.860. The molecule has 2 nitrogen and oxygen atoms in total. The Bertz CT molecular complexity index is 394. The van der Waals surface area contributed by atoms with Crippen molar-refractivity contribution in [1.82, 2.24) is 10.2 Å². The van der Waals surface area contributed by atoms with E-state index in [1.807, 2.05) is 6.07 Å². The van der Waals surface area contributed by atoms with Crippen molar-refractivity contribution in [3.05, 3.63) is 35.6 Å². The number of halogens is 1. The van der Waals surface area contributed by atoms with E-state index >= 15 is 0 Å². The van der Waals surface area contributed by atoms with Crippen molar-refractivity contribution < 1.29 is 4.39 Å². The highest BCUT2D eigenvalue weighted by Gasteiger charge is 2.33. The van der Waals surface area contributed by atoms with Crippen LogP contribution in [0.5, 0.6) is 0 Å². The van der Waals surface area contributed by atoms with E-state index < -0.39 is 0 Å². The lowest BCUT2D eigenvalue weighted by atomic mass is 9.94. The van der Waals surface area contributed by atoms with E-state index in [2.05, 4.69) is 10.2 Å². The van der Waals surface area contributed by atoms with Gasteiger partial charge >= 0.3 is 0 Å². The zero-order chi connectivity index (χ0) is 11.7. The fourth-order valence-electron chi connectivity index (χ4n) is 3.12. The Kier molecular flexibility index (Phi) is 3.12. The highest BCUT2D eigenvalue weighted by Crippen LogP contribution is 2.27. The van der Waals surface area contributed by atoms with Crippen LogP contribution in [-0.2, 0) is 6.54 Å². The molecule has 2 fully saturated rings. The molecule has 0 radical (unpaired) electrons. The third-order valence-electron chi connectivity index (χ3n) is 4.09. The number of fused-ring (bicyclic) bond motifs is 2. The van der Waals surface area contributed by atoms with Crippen molar-refractivity contribution in [2.75, 3.05) is 19.6 Å². The summed E-state index contributed by atoms with van der Waals surface area (Å²) in [6.45, 7) is 4.53. The second-order valence-corrected chi connectivity index (χ2v) is 5.26. The molecule has 2 aliphatic rings. The molecule has 3 unspecified atom stereocenters. The lowest BCUT2D eigenvalue weighted by molar-refractivity contribution is 0.220. The van der Waals surface area contributed by atoms with Crippen molar-refractivity contribution in [1.29, 1.82) is 0 Å². The van der Waals surface area contributed by atoms with Crippen LogP contribution in [0.4, 0.5) is 4.39 Å². The number of nitrogens with zero attached hydrogens (tertiary/aromatic N) is 1. The summed E-state index contributed by atoms with van der Waals surface area (Å²) < 4.78 is 13.0. The van der Waals surface area contributed by atoms with E-state index in [-0.39, 0.29) is 5.82 Å². The Labute approximate surface area is 102 Å². The average molecular weight is 234 g/mol. The summed E-state index contributed by atoms with van der Waals surface area (Å²) >= 11 is 0. The number of hydrogen-bond acceptors (Lipinski definition) is 2. The van der Waals surface area contributed by atoms with Gasteiger partial charge in [-0.1, -0.05) is 12.1 Å². The van der Waals surface area contributed by atoms with Crippen LogP contribution < -0.4 is 5.32 Å². The standard InChI is InChI=1S/C14H19FN2/c15-13-3-1-2-11(8-13)9-16-14-5-7-17-6-4-12(14)10-17/h1-3,8,12,14,16H,4-7,9-10H2. The summed E-state index contributed by atoms with van der Waals surface area (Å²) in [5.74, 6) is 0.664. The average Bonchev–Trinajstić information content (AvgIpc) is 2.71. The predicted octanol–water partition coefficient (Wildman–Crippen LogP) is 2.01. The minimum Gasteiger partial charge on any atom is -0.310 e. The maximum Gasteiger partial charge on any atom is 0.123 e. The summed E-state index contributed by atoms with van der Waals surface area (Å²) in [5, 5.41) is 3.60. The normalized spacial score (nSPS) is 31.7. The van der Waals surface area contributed by atoms with Crippen LogP contribution in [0.25, 0.3) is 0 Å². The Hall–Kier alpha value is -0.930. The van der Waals surface area contributed by atoms with E-state index in [0.29, 0.717) is 6.04 Å². The highest BCUT2D eigenvalue weighted by atomic mass is 19.1. The zero-order valence-corrected chi connectivity index (χ0v) is 10.0. The molecule has 0 aliphatic carbocycles. The molecule has 3 rings (SSSR count). The van der Waals surface area contributed by atoms with E-state index in [0.717, 1.165) is 18.0 Å². The molecule has 2 heterocycles. The van der Waals surface area contributed by atoms with Gasteiger partial charge in [-0.25, -0.2) is 4.39 Å². The molecule has 2 aliphatic heterocycles. The number of rotatable bonds is 3. The van der Waals surface area contributed by atoms with Crippen molar-refractivity contribution in [3.63, 3.8) is 0 Å². The SMILES string of the molecule is Fc1cccc(CNC2CCN3CCC2C3)c1. The number of benzene rings is 1. The van der Waals surface area contributed by atoms with Gasteiger partial charge < -0.3 is 10.2 Å². The van der Waals surface area contributed by atoms with E-state index in [9.17, 15) is 4.39 Å². The summed E-state index contributed by atoms with van der Waals surface area (Å²) in [5.41, 5.74) is 1.05. The Morgan fingerprint density at radius 1 is 1.29 bits per heavy atom. The van der Waals surface area contributed by atoms with Gasteiger partial charge in [-0.15, -0.1) is 0 Å². The molecule has 17 heavy (non-hydrogen) atoms. The van der Waals surface area contributed by atoms with Gasteiger partial charge in [-0.05, 0) is 49.5 Å². The van der Waals surface area contributed by atoms with Crippen molar-refractivity contribution in [3.8, 4) is 0 Å². The zero-order valence-electron chi connectivity index (χ0n) is 10.0. The smallest absolute Gasteiger partial charge is 0.123 e. The summed E-state index contributed by atoms with van der Waals surface area (Å²) in [7, 11) is 0. The fraction of sp³-hybridized carbons (Fsp3) is 0.571. The Morgan fingerprint density at radius 2 is 2.18 bits per heavy atom. The first-order chi connectivity index (χ1) is 8.31. The van der Waals surface area contributed by atoms with Crippen molar-refractivity contribution in [2.24, 2.45) is 5.92 Å². The summed E-state index contributed by atoms with van der Waals surface area (Å²) in [6, 6.07) is 7.51. The first kappa shape index (κ1) is 11.2. The molecule has 2 bridgehead atoms. The topological polar surface area (TPSA) is 15.3 Å². The lowest BCUT2D eigenvalue weighted by Gasteiger charge is -2.31. The van der Waals surface area contributed by atoms with Gasteiger partial charge in [-0.3, -0.25) is 0 Å². The van der Waals surface area contributed by atoms with Gasteiger partial charge in [0, 0.05) is 19.1 Å². The minimum atomic E-state index is -0.139. The molecule has 1 aromatic carbocycles. The van der Waals surface area contributed by atoms with Crippen LogP contribution in [0.3, 0.4) is 0 Å². The molecule has 1 aromatic rings. The summed E-state index contributed by atoms with van der Waals surface area (Å²) in [4.78, 5) is 2.55. The minimum absolute atomic E-state index is 0.139. The lowest BCUT2D eigenvalue weighted by Crippen LogP contribution is -2.43. The molecular weight excluding hydrogens is 215 g/mol. The fourth-order valence-corrected chi connectivity index (χ4v) is 3.12. The Morgan fingerprint density at radius 3 is 3.06 bits per heavy atom. The van der Waals surface area contributed by atoms with E-state index in [1.54, 1.807) is 12.1 Å². The molecule has 3 heteroatoms. The predicted molar refractivity (Wildman–Crippen MR) is 66.2 cm³/mol. The van der Waals surface area contributed by atoms with Crippen LogP contribution in [0.2, 0.25) is 0 Å². The van der Waals surface area contributed by atoms with Crippen LogP contribution >= 0.6 is 0 Å². The monoisotopic (exact) mass is 234 g/mol. The second-order valence-electron chi connectivity index (χ2n) is 5.26. The third kappa shape index (κ3) is 2.50. The van der Waals surface area contributed by atoms with Gasteiger partial charge in [-0.2, -0.15) is 0 Å². The van der Waals surface area contributed by atoms with Crippen LogP contribution in [0.1, 0.15) is 18.4 Å². The molecule has 3 atom stereocenters. The second kappa shape index (κ2) is 4.75. The maximum absolute atomic E-state index is 13.0. The first-order valence-electron chi connectivity index (χ1n) is 6.51. The van der Waals surface area contributed by atoms with E-state index in [1.165, 1.54) is 38.5 Å². The Balaban J connectivity index is 1.57. The van der Waals surface area contributed by atoms with Gasteiger partial charge in [0.25, 0.3) is 0 Å². The molecule has 0 aromatic heterocycles. The van der Waals surface area contributed by atoms with Crippen LogP contribution in [-0.4, -0.2) is 30.6 Å². The summed E-state index contributed by atoms with van der Waals surface area (Å²) in [6.07, 6.45) is 2.56. The molecule has 0 saturated carbocycles. The third-order valence-corrected chi connectivity index (χ3v) is 4.09. The van der Waals surface area contributed by atoms with E-state index in [4.69, 9.17) is 0 Å². The number of piperidine rings is 1. The van der Waals surface area contributed by atoms with Crippen molar-refractivity contribution >= 4 is 0 Å². The number of nitrogens with one attached hydrogen (secondary N) is 1. The molecule has 92 valence electrons. The largest absolute Gasteiger partial charge is 0.310 e. The molecule has 1 N–H and O–H groups in total. The van der Waals surface area contributed by atoms with Gasteiger partial charge in [0.1, 0.15) is 5.82 Å². The first-order valence-corrected chi connectivity index (χ1v) is 6.51.